The van der Waals surface area contributed by atoms with Crippen LogP contribution in [0, 0.1) is 0 Å². The Morgan fingerprint density at radius 3 is 1.96 bits per heavy atom. The van der Waals surface area contributed by atoms with E-state index in [0.717, 1.165) is 11.1 Å². The highest BCUT2D eigenvalue weighted by molar-refractivity contribution is 5.85. The van der Waals surface area contributed by atoms with Gasteiger partial charge in [-0.05, 0) is 24.5 Å². The molecule has 0 spiro atoms. The number of carbonyl (C=O) groups is 1. The minimum Gasteiger partial charge on any atom is -0.460 e. The third-order valence-corrected chi connectivity index (χ3v) is 2.83. The summed E-state index contributed by atoms with van der Waals surface area (Å²) in [5, 5.41) is 7.57. The van der Waals surface area contributed by atoms with Gasteiger partial charge in [-0.15, -0.1) is 12.4 Å². The number of ether oxygens (including phenoxy) is 1. The average molecular weight is 338 g/mol. The minimum absolute atomic E-state index is 0. The molecule has 0 aliphatic heterocycles. The maximum absolute atomic E-state index is 11.8. The van der Waals surface area contributed by atoms with E-state index in [4.69, 9.17) is 15.6 Å². The molecule has 23 heavy (non-hydrogen) atoms. The van der Waals surface area contributed by atoms with Crippen LogP contribution in [0.25, 0.3) is 0 Å². The second-order valence-corrected chi connectivity index (χ2v) is 4.71. The van der Waals surface area contributed by atoms with Gasteiger partial charge in [-0.1, -0.05) is 60.7 Å². The maximum atomic E-state index is 11.8. The normalized spacial score (nSPS) is 10.6. The summed E-state index contributed by atoms with van der Waals surface area (Å²) in [6.45, 7) is 2.20. The van der Waals surface area contributed by atoms with Crippen molar-refractivity contribution in [2.45, 2.75) is 26.0 Å². The van der Waals surface area contributed by atoms with Gasteiger partial charge < -0.3 is 15.6 Å². The third kappa shape index (κ3) is 8.98. The molecule has 0 radical (unpaired) electrons. The first-order chi connectivity index (χ1) is 10.7. The van der Waals surface area contributed by atoms with E-state index in [0.29, 0.717) is 6.42 Å². The largest absolute Gasteiger partial charge is 0.460 e. The molecule has 0 saturated heterocycles. The number of hydrogen-bond donors (Lipinski definition) is 2. The van der Waals surface area contributed by atoms with Crippen molar-refractivity contribution in [3.8, 4) is 0 Å². The van der Waals surface area contributed by atoms with E-state index in [1.54, 1.807) is 6.92 Å². The molecule has 0 amide bonds. The predicted octanol–water partition coefficient (Wildman–Crippen LogP) is 2.72. The lowest BCUT2D eigenvalue weighted by molar-refractivity contribution is -0.146. The lowest BCUT2D eigenvalue weighted by Gasteiger charge is -2.11. The van der Waals surface area contributed by atoms with Crippen molar-refractivity contribution in [3.05, 3.63) is 71.8 Å². The zero-order valence-corrected chi connectivity index (χ0v) is 14.0. The summed E-state index contributed by atoms with van der Waals surface area (Å²) in [6, 6.07) is 18.6. The zero-order valence-electron chi connectivity index (χ0n) is 13.2. The average Bonchev–Trinajstić information content (AvgIpc) is 2.55. The Morgan fingerprint density at radius 1 is 1.04 bits per heavy atom. The second kappa shape index (κ2) is 12.6. The van der Waals surface area contributed by atoms with Crippen molar-refractivity contribution in [1.29, 1.82) is 0 Å². The first kappa shape index (κ1) is 21.1. The van der Waals surface area contributed by atoms with E-state index < -0.39 is 6.04 Å². The van der Waals surface area contributed by atoms with Crippen LogP contribution < -0.4 is 5.73 Å². The van der Waals surface area contributed by atoms with E-state index in [1.807, 2.05) is 60.7 Å². The van der Waals surface area contributed by atoms with Crippen molar-refractivity contribution in [3.63, 3.8) is 0 Å². The lowest BCUT2D eigenvalue weighted by Crippen LogP contribution is -2.34. The highest BCUT2D eigenvalue weighted by Gasteiger charge is 2.15. The van der Waals surface area contributed by atoms with E-state index in [-0.39, 0.29) is 31.6 Å². The standard InChI is InChI=1S/C16H17NO2.C2H6O.ClH/c17-15(11-13-7-3-1-4-8-13)16(18)19-12-14-9-5-2-6-10-14;1-2-3;/h1-10,15H,11-12,17H2;3H,2H2,1H3;1H. The topological polar surface area (TPSA) is 72.5 Å². The van der Waals surface area contributed by atoms with Gasteiger partial charge in [0, 0.05) is 6.61 Å². The summed E-state index contributed by atoms with van der Waals surface area (Å²) < 4.78 is 5.20. The molecule has 2 aromatic rings. The van der Waals surface area contributed by atoms with Crippen LogP contribution in [0.2, 0.25) is 0 Å². The molecule has 0 heterocycles. The number of aliphatic hydroxyl groups excluding tert-OH is 1. The van der Waals surface area contributed by atoms with Crippen molar-refractivity contribution in [2.75, 3.05) is 6.61 Å². The molecular formula is C18H24ClNO3. The maximum Gasteiger partial charge on any atom is 0.323 e. The first-order valence-corrected chi connectivity index (χ1v) is 7.28. The van der Waals surface area contributed by atoms with Crippen molar-refractivity contribution in [1.82, 2.24) is 0 Å². The van der Waals surface area contributed by atoms with Gasteiger partial charge in [0.25, 0.3) is 0 Å². The van der Waals surface area contributed by atoms with Crippen LogP contribution in [0.3, 0.4) is 0 Å². The molecule has 126 valence electrons. The first-order valence-electron chi connectivity index (χ1n) is 7.28. The number of esters is 1. The number of aliphatic hydroxyl groups is 1. The molecule has 0 aromatic heterocycles. The van der Waals surface area contributed by atoms with Gasteiger partial charge in [0.2, 0.25) is 0 Å². The molecule has 3 N–H and O–H groups in total. The number of halogens is 1. The molecule has 1 unspecified atom stereocenters. The Kier molecular flexibility index (Phi) is 11.6. The Bertz CT molecular complexity index is 534. The molecule has 0 aliphatic rings. The van der Waals surface area contributed by atoms with Gasteiger partial charge in [-0.3, -0.25) is 4.79 Å². The summed E-state index contributed by atoms with van der Waals surface area (Å²) in [5.41, 5.74) is 7.83. The van der Waals surface area contributed by atoms with Crippen LogP contribution in [0.4, 0.5) is 0 Å². The summed E-state index contributed by atoms with van der Waals surface area (Å²) >= 11 is 0. The van der Waals surface area contributed by atoms with Gasteiger partial charge in [0.05, 0.1) is 0 Å². The smallest absolute Gasteiger partial charge is 0.323 e. The Morgan fingerprint density at radius 2 is 1.48 bits per heavy atom. The van der Waals surface area contributed by atoms with Crippen LogP contribution in [0.1, 0.15) is 18.1 Å². The van der Waals surface area contributed by atoms with E-state index >= 15 is 0 Å². The fraction of sp³-hybridized carbons (Fsp3) is 0.278. The van der Waals surface area contributed by atoms with E-state index in [1.165, 1.54) is 0 Å². The van der Waals surface area contributed by atoms with Crippen LogP contribution in [-0.4, -0.2) is 23.7 Å². The Balaban J connectivity index is 0.00000112. The Hall–Kier alpha value is -1.88. The van der Waals surface area contributed by atoms with Crippen LogP contribution >= 0.6 is 12.4 Å². The molecule has 0 fully saturated rings. The second-order valence-electron chi connectivity index (χ2n) is 4.71. The number of nitrogens with two attached hydrogens (primary N) is 1. The van der Waals surface area contributed by atoms with Gasteiger partial charge in [0.1, 0.15) is 12.6 Å². The van der Waals surface area contributed by atoms with E-state index in [9.17, 15) is 4.79 Å². The lowest BCUT2D eigenvalue weighted by atomic mass is 10.1. The number of hydrogen-bond acceptors (Lipinski definition) is 4. The van der Waals surface area contributed by atoms with Gasteiger partial charge in [-0.2, -0.15) is 0 Å². The molecule has 0 bridgehead atoms. The van der Waals surface area contributed by atoms with Crippen LogP contribution in [0.5, 0.6) is 0 Å². The van der Waals surface area contributed by atoms with Crippen LogP contribution in [-0.2, 0) is 22.6 Å². The van der Waals surface area contributed by atoms with Gasteiger partial charge in [0.15, 0.2) is 0 Å². The van der Waals surface area contributed by atoms with Crippen molar-refractivity contribution >= 4 is 18.4 Å². The fourth-order valence-electron chi connectivity index (χ4n) is 1.79. The predicted molar refractivity (Wildman–Crippen MR) is 94.4 cm³/mol. The van der Waals surface area contributed by atoms with Gasteiger partial charge in [-0.25, -0.2) is 0 Å². The molecule has 0 saturated carbocycles. The quantitative estimate of drug-likeness (QED) is 0.823. The highest BCUT2D eigenvalue weighted by Crippen LogP contribution is 2.05. The summed E-state index contributed by atoms with van der Waals surface area (Å²) in [4.78, 5) is 11.8. The van der Waals surface area contributed by atoms with E-state index in [2.05, 4.69) is 0 Å². The van der Waals surface area contributed by atoms with Crippen molar-refractivity contribution < 1.29 is 14.6 Å². The summed E-state index contributed by atoms with van der Waals surface area (Å²) in [7, 11) is 0. The van der Waals surface area contributed by atoms with Crippen LogP contribution in [0.15, 0.2) is 60.7 Å². The molecule has 2 aromatic carbocycles. The van der Waals surface area contributed by atoms with Gasteiger partial charge >= 0.3 is 5.97 Å². The molecule has 4 nitrogen and oxygen atoms in total. The highest BCUT2D eigenvalue weighted by atomic mass is 35.5. The molecule has 5 heteroatoms. The SMILES string of the molecule is CCO.Cl.NC(Cc1ccccc1)C(=O)OCc1ccccc1. The molecule has 2 rings (SSSR count). The summed E-state index contributed by atoms with van der Waals surface area (Å²) in [6.07, 6.45) is 0.495. The fourth-order valence-corrected chi connectivity index (χ4v) is 1.79. The zero-order chi connectivity index (χ0) is 16.2. The third-order valence-electron chi connectivity index (χ3n) is 2.83. The number of benzene rings is 2. The Labute approximate surface area is 143 Å². The molecule has 1 atom stereocenters. The van der Waals surface area contributed by atoms with Crippen molar-refractivity contribution in [2.24, 2.45) is 5.73 Å². The minimum atomic E-state index is -0.619. The molecular weight excluding hydrogens is 314 g/mol. The summed E-state index contributed by atoms with van der Waals surface area (Å²) in [5.74, 6) is -0.368. The molecule has 0 aliphatic carbocycles. The monoisotopic (exact) mass is 337 g/mol. The number of rotatable bonds is 5. The number of carbonyl (C=O) groups excluding carboxylic acids is 1.